The van der Waals surface area contributed by atoms with Crippen LogP contribution < -0.4 is 10.9 Å². The summed E-state index contributed by atoms with van der Waals surface area (Å²) in [6.07, 6.45) is 1.62. The Labute approximate surface area is 158 Å². The number of aromatic amines is 2. The number of hydrogen-bond acceptors (Lipinski definition) is 3. The zero-order chi connectivity index (χ0) is 19.3. The minimum absolute atomic E-state index is 0.0547. The van der Waals surface area contributed by atoms with Gasteiger partial charge in [-0.15, -0.1) is 0 Å². The van der Waals surface area contributed by atoms with Crippen molar-refractivity contribution < 1.29 is 8.78 Å². The summed E-state index contributed by atoms with van der Waals surface area (Å²) in [5.74, 6) is -1.40. The zero-order valence-electron chi connectivity index (χ0n) is 15.0. The Morgan fingerprint density at radius 2 is 1.71 bits per heavy atom. The molecule has 1 saturated heterocycles. The van der Waals surface area contributed by atoms with E-state index in [4.69, 9.17) is 0 Å². The molecule has 3 N–H and O–H groups in total. The van der Waals surface area contributed by atoms with Gasteiger partial charge in [0.15, 0.2) is 11.6 Å². The Kier molecular flexibility index (Phi) is 3.98. The van der Waals surface area contributed by atoms with E-state index in [9.17, 15) is 13.6 Å². The first-order valence-corrected chi connectivity index (χ1v) is 9.32. The van der Waals surface area contributed by atoms with Gasteiger partial charge >= 0.3 is 0 Å². The third kappa shape index (κ3) is 2.70. The quantitative estimate of drug-likeness (QED) is 0.495. The highest BCUT2D eigenvalue weighted by atomic mass is 19.2. The summed E-state index contributed by atoms with van der Waals surface area (Å²) < 4.78 is 27.9. The van der Waals surface area contributed by atoms with Gasteiger partial charge in [0.2, 0.25) is 0 Å². The van der Waals surface area contributed by atoms with Crippen molar-refractivity contribution in [2.45, 2.75) is 18.8 Å². The molecule has 0 spiro atoms. The van der Waals surface area contributed by atoms with E-state index in [0.29, 0.717) is 22.3 Å². The Morgan fingerprint density at radius 3 is 2.50 bits per heavy atom. The Hall–Kier alpha value is -3.06. The standard InChI is InChI=1S/C21H18F2N4O/c22-13-9-12-17(10-14(13)23)27-21(28)19(18(12)11-5-7-24-8-6-11)20-25-15-3-1-2-4-16(15)26-20/h1-4,9-11,24H,5-8H2,(H,25,26)(H,27,28). The van der Waals surface area contributed by atoms with Crippen molar-refractivity contribution in [1.29, 1.82) is 0 Å². The molecule has 0 saturated carbocycles. The first kappa shape index (κ1) is 17.1. The topological polar surface area (TPSA) is 73.6 Å². The number of pyridine rings is 1. The van der Waals surface area contributed by atoms with Crippen molar-refractivity contribution in [3.8, 4) is 11.4 Å². The van der Waals surface area contributed by atoms with Gasteiger partial charge in [0.1, 0.15) is 5.82 Å². The fourth-order valence-corrected chi connectivity index (χ4v) is 4.16. The molecule has 0 amide bonds. The smallest absolute Gasteiger partial charge is 0.259 e. The van der Waals surface area contributed by atoms with Crippen LogP contribution in [0.1, 0.15) is 24.3 Å². The second-order valence-electron chi connectivity index (χ2n) is 7.18. The molecule has 3 heterocycles. The van der Waals surface area contributed by atoms with Crippen LogP contribution in [0, 0.1) is 11.6 Å². The van der Waals surface area contributed by atoms with Crippen LogP contribution in [0.3, 0.4) is 0 Å². The highest BCUT2D eigenvalue weighted by Crippen LogP contribution is 2.36. The number of fused-ring (bicyclic) bond motifs is 2. The first-order valence-electron chi connectivity index (χ1n) is 9.32. The summed E-state index contributed by atoms with van der Waals surface area (Å²) >= 11 is 0. The van der Waals surface area contributed by atoms with Gasteiger partial charge in [-0.2, -0.15) is 0 Å². The van der Waals surface area contributed by atoms with Gasteiger partial charge in [-0.25, -0.2) is 13.8 Å². The molecule has 142 valence electrons. The van der Waals surface area contributed by atoms with Crippen LogP contribution in [0.4, 0.5) is 8.78 Å². The molecule has 0 radical (unpaired) electrons. The van der Waals surface area contributed by atoms with Crippen LogP contribution in [-0.2, 0) is 0 Å². The number of imidazole rings is 1. The van der Waals surface area contributed by atoms with Gasteiger partial charge in [-0.1, -0.05) is 12.1 Å². The molecule has 7 heteroatoms. The van der Waals surface area contributed by atoms with E-state index in [1.54, 1.807) is 0 Å². The van der Waals surface area contributed by atoms with Gasteiger partial charge in [0.25, 0.3) is 5.56 Å². The second kappa shape index (κ2) is 6.53. The average Bonchev–Trinajstić information content (AvgIpc) is 3.13. The molecule has 28 heavy (non-hydrogen) atoms. The molecule has 0 bridgehead atoms. The number of para-hydroxylation sites is 2. The summed E-state index contributed by atoms with van der Waals surface area (Å²) in [5, 5.41) is 3.83. The molecular weight excluding hydrogens is 362 g/mol. The number of hydrogen-bond donors (Lipinski definition) is 3. The minimum Gasteiger partial charge on any atom is -0.338 e. The third-order valence-electron chi connectivity index (χ3n) is 5.47. The predicted octanol–water partition coefficient (Wildman–Crippen LogP) is 3.82. The Bertz CT molecular complexity index is 1220. The van der Waals surface area contributed by atoms with Gasteiger partial charge in [0.05, 0.1) is 22.1 Å². The van der Waals surface area contributed by atoms with E-state index >= 15 is 0 Å². The lowest BCUT2D eigenvalue weighted by atomic mass is 9.85. The fraction of sp³-hybridized carbons (Fsp3) is 0.238. The van der Waals surface area contributed by atoms with Crippen molar-refractivity contribution in [3.63, 3.8) is 0 Å². The Morgan fingerprint density at radius 1 is 0.964 bits per heavy atom. The number of nitrogens with one attached hydrogen (secondary N) is 3. The second-order valence-corrected chi connectivity index (χ2v) is 7.18. The SMILES string of the molecule is O=c1[nH]c2cc(F)c(F)cc2c(C2CCNCC2)c1-c1nc2ccccc2[nH]1. The summed E-state index contributed by atoms with van der Waals surface area (Å²) in [5.41, 5.74) is 2.65. The van der Waals surface area contributed by atoms with Crippen molar-refractivity contribution in [3.05, 3.63) is 63.9 Å². The average molecular weight is 380 g/mol. The number of aromatic nitrogens is 3. The monoisotopic (exact) mass is 380 g/mol. The van der Waals surface area contributed by atoms with Crippen molar-refractivity contribution in [2.75, 3.05) is 13.1 Å². The van der Waals surface area contributed by atoms with E-state index in [2.05, 4.69) is 20.3 Å². The van der Waals surface area contributed by atoms with Crippen LogP contribution in [0.2, 0.25) is 0 Å². The number of halogens is 2. The van der Waals surface area contributed by atoms with Crippen molar-refractivity contribution in [2.24, 2.45) is 0 Å². The van der Waals surface area contributed by atoms with E-state index in [-0.39, 0.29) is 11.5 Å². The van der Waals surface area contributed by atoms with Crippen molar-refractivity contribution in [1.82, 2.24) is 20.3 Å². The van der Waals surface area contributed by atoms with Crippen LogP contribution in [0.15, 0.2) is 41.2 Å². The molecule has 1 aliphatic rings. The van der Waals surface area contributed by atoms with Gasteiger partial charge in [-0.05, 0) is 55.6 Å². The summed E-state index contributed by atoms with van der Waals surface area (Å²) in [4.78, 5) is 23.5. The molecule has 4 aromatic rings. The normalized spacial score (nSPS) is 15.5. The molecule has 1 fully saturated rings. The van der Waals surface area contributed by atoms with E-state index in [1.807, 2.05) is 24.3 Å². The highest BCUT2D eigenvalue weighted by Gasteiger charge is 2.26. The maximum atomic E-state index is 14.1. The highest BCUT2D eigenvalue weighted by molar-refractivity contribution is 5.90. The number of nitrogens with zero attached hydrogens (tertiary/aromatic N) is 1. The third-order valence-corrected chi connectivity index (χ3v) is 5.47. The molecule has 5 nitrogen and oxygen atoms in total. The maximum absolute atomic E-state index is 14.1. The largest absolute Gasteiger partial charge is 0.338 e. The van der Waals surface area contributed by atoms with Gasteiger partial charge in [0, 0.05) is 11.5 Å². The number of piperidine rings is 1. The summed E-state index contributed by atoms with van der Waals surface area (Å²) in [7, 11) is 0. The maximum Gasteiger partial charge on any atom is 0.259 e. The molecule has 1 aliphatic heterocycles. The lowest BCUT2D eigenvalue weighted by Crippen LogP contribution is -2.28. The number of H-pyrrole nitrogens is 2. The molecule has 5 rings (SSSR count). The zero-order valence-corrected chi connectivity index (χ0v) is 15.0. The van der Waals surface area contributed by atoms with E-state index in [1.165, 1.54) is 6.07 Å². The molecule has 0 atom stereocenters. The Balaban J connectivity index is 1.85. The predicted molar refractivity (Wildman–Crippen MR) is 104 cm³/mol. The van der Waals surface area contributed by atoms with Crippen LogP contribution in [0.5, 0.6) is 0 Å². The molecule has 2 aromatic carbocycles. The number of rotatable bonds is 2. The van der Waals surface area contributed by atoms with Crippen LogP contribution in [-0.4, -0.2) is 28.0 Å². The van der Waals surface area contributed by atoms with Crippen LogP contribution in [0.25, 0.3) is 33.3 Å². The molecule has 0 aliphatic carbocycles. The first-order chi connectivity index (χ1) is 13.6. The minimum atomic E-state index is -0.976. The molecule has 2 aromatic heterocycles. The molecular formula is C21H18F2N4O. The van der Waals surface area contributed by atoms with E-state index < -0.39 is 11.6 Å². The summed E-state index contributed by atoms with van der Waals surface area (Å²) in [6, 6.07) is 9.76. The number of benzene rings is 2. The fourth-order valence-electron chi connectivity index (χ4n) is 4.16. The van der Waals surface area contributed by atoms with E-state index in [0.717, 1.165) is 48.6 Å². The summed E-state index contributed by atoms with van der Waals surface area (Å²) in [6.45, 7) is 1.62. The van der Waals surface area contributed by atoms with Crippen LogP contribution >= 0.6 is 0 Å². The van der Waals surface area contributed by atoms with Gasteiger partial charge < -0.3 is 15.3 Å². The van der Waals surface area contributed by atoms with Gasteiger partial charge in [-0.3, -0.25) is 4.79 Å². The van der Waals surface area contributed by atoms with Crippen molar-refractivity contribution >= 4 is 21.9 Å². The lowest BCUT2D eigenvalue weighted by Gasteiger charge is -2.25. The molecule has 0 unspecified atom stereocenters. The lowest BCUT2D eigenvalue weighted by molar-refractivity contribution is 0.462.